The van der Waals surface area contributed by atoms with Gasteiger partial charge in [0.2, 0.25) is 5.91 Å². The fourth-order valence-corrected chi connectivity index (χ4v) is 3.11. The number of rotatable bonds is 5. The molecular weight excluding hydrogens is 361 g/mol. The smallest absolute Gasteiger partial charge is 0.254 e. The Hall–Kier alpha value is -2.93. The molecule has 28 heavy (non-hydrogen) atoms. The van der Waals surface area contributed by atoms with Crippen LogP contribution in [-0.2, 0) is 11.2 Å². The van der Waals surface area contributed by atoms with Crippen molar-refractivity contribution >= 4 is 17.5 Å². The van der Waals surface area contributed by atoms with E-state index in [-0.39, 0.29) is 24.1 Å². The zero-order chi connectivity index (χ0) is 20.1. The Morgan fingerprint density at radius 3 is 2.39 bits per heavy atom. The van der Waals surface area contributed by atoms with E-state index in [0.29, 0.717) is 35.7 Å². The van der Waals surface area contributed by atoms with E-state index < -0.39 is 0 Å². The van der Waals surface area contributed by atoms with Crippen molar-refractivity contribution in [2.24, 2.45) is 0 Å². The van der Waals surface area contributed by atoms with Gasteiger partial charge in [0.25, 0.3) is 5.91 Å². The Labute approximate surface area is 163 Å². The molecule has 2 amide bonds. The van der Waals surface area contributed by atoms with Crippen LogP contribution in [0.1, 0.15) is 15.9 Å². The summed E-state index contributed by atoms with van der Waals surface area (Å²) in [4.78, 5) is 29.2. The SMILES string of the molecule is COc1ccc(C(=O)N2CCN(C)CC2)cc1NC(=O)Cc1ccc(F)cc1. The first kappa shape index (κ1) is 19.8. The number of ether oxygens (including phenoxy) is 1. The maximum atomic E-state index is 13.0. The number of likely N-dealkylation sites (N-methyl/N-ethyl adjacent to an activating group) is 1. The third-order valence-electron chi connectivity index (χ3n) is 4.79. The van der Waals surface area contributed by atoms with Crippen molar-refractivity contribution in [2.75, 3.05) is 45.7 Å². The summed E-state index contributed by atoms with van der Waals surface area (Å²) in [6.07, 6.45) is 0.0973. The molecule has 1 aliphatic heterocycles. The zero-order valence-electron chi connectivity index (χ0n) is 16.1. The van der Waals surface area contributed by atoms with Crippen LogP contribution in [0, 0.1) is 5.82 Å². The molecule has 7 heteroatoms. The van der Waals surface area contributed by atoms with E-state index in [1.54, 1.807) is 30.3 Å². The van der Waals surface area contributed by atoms with Crippen LogP contribution >= 0.6 is 0 Å². The number of anilines is 1. The van der Waals surface area contributed by atoms with Gasteiger partial charge >= 0.3 is 0 Å². The van der Waals surface area contributed by atoms with Crippen LogP contribution < -0.4 is 10.1 Å². The molecule has 1 heterocycles. The number of methoxy groups -OCH3 is 1. The molecule has 148 valence electrons. The Kier molecular flexibility index (Phi) is 6.26. The zero-order valence-corrected chi connectivity index (χ0v) is 16.1. The molecule has 0 atom stereocenters. The fourth-order valence-electron chi connectivity index (χ4n) is 3.11. The lowest BCUT2D eigenvalue weighted by Crippen LogP contribution is -2.47. The number of nitrogens with zero attached hydrogens (tertiary/aromatic N) is 2. The molecule has 3 rings (SSSR count). The van der Waals surface area contributed by atoms with Gasteiger partial charge in [-0.2, -0.15) is 0 Å². The van der Waals surface area contributed by atoms with Crippen molar-refractivity contribution in [2.45, 2.75) is 6.42 Å². The van der Waals surface area contributed by atoms with E-state index in [2.05, 4.69) is 10.2 Å². The number of piperazine rings is 1. The summed E-state index contributed by atoms with van der Waals surface area (Å²) in [6, 6.07) is 10.8. The van der Waals surface area contributed by atoms with Crippen molar-refractivity contribution in [1.82, 2.24) is 9.80 Å². The molecule has 0 unspecified atom stereocenters. The molecule has 1 fully saturated rings. The molecule has 0 aliphatic carbocycles. The van der Waals surface area contributed by atoms with Gasteiger partial charge in [-0.25, -0.2) is 4.39 Å². The summed E-state index contributed by atoms with van der Waals surface area (Å²) < 4.78 is 18.3. The maximum Gasteiger partial charge on any atom is 0.254 e. The van der Waals surface area contributed by atoms with E-state index in [9.17, 15) is 14.0 Å². The second-order valence-corrected chi connectivity index (χ2v) is 6.86. The molecule has 0 aromatic heterocycles. The second kappa shape index (κ2) is 8.84. The average Bonchev–Trinajstić information content (AvgIpc) is 2.69. The molecule has 2 aromatic rings. The molecule has 2 aromatic carbocycles. The topological polar surface area (TPSA) is 61.9 Å². The maximum absolute atomic E-state index is 13.0. The molecule has 6 nitrogen and oxygen atoms in total. The molecule has 0 spiro atoms. The van der Waals surface area contributed by atoms with Crippen LogP contribution in [0.15, 0.2) is 42.5 Å². The van der Waals surface area contributed by atoms with Gasteiger partial charge in [0.15, 0.2) is 0 Å². The predicted octanol–water partition coefficient (Wildman–Crippen LogP) is 2.40. The standard InChI is InChI=1S/C21H24FN3O3/c1-24-9-11-25(12-10-24)21(27)16-5-8-19(28-2)18(14-16)23-20(26)13-15-3-6-17(22)7-4-15/h3-8,14H,9-13H2,1-2H3,(H,23,26). The molecule has 1 saturated heterocycles. The van der Waals surface area contributed by atoms with Crippen molar-refractivity contribution in [1.29, 1.82) is 0 Å². The summed E-state index contributed by atoms with van der Waals surface area (Å²) in [5.41, 5.74) is 1.64. The number of carbonyl (C=O) groups is 2. The largest absolute Gasteiger partial charge is 0.495 e. The fraction of sp³-hybridized carbons (Fsp3) is 0.333. The highest BCUT2D eigenvalue weighted by atomic mass is 19.1. The molecule has 0 radical (unpaired) electrons. The van der Waals surface area contributed by atoms with Crippen molar-refractivity contribution < 1.29 is 18.7 Å². The highest BCUT2D eigenvalue weighted by Gasteiger charge is 2.21. The van der Waals surface area contributed by atoms with Crippen LogP contribution in [0.25, 0.3) is 0 Å². The molecule has 0 bridgehead atoms. The summed E-state index contributed by atoms with van der Waals surface area (Å²) in [7, 11) is 3.54. The van der Waals surface area contributed by atoms with E-state index >= 15 is 0 Å². The van der Waals surface area contributed by atoms with Gasteiger partial charge in [-0.3, -0.25) is 9.59 Å². The van der Waals surface area contributed by atoms with E-state index in [4.69, 9.17) is 4.74 Å². The van der Waals surface area contributed by atoms with Crippen LogP contribution in [0.2, 0.25) is 0 Å². The first-order valence-electron chi connectivity index (χ1n) is 9.16. The van der Waals surface area contributed by atoms with Gasteiger partial charge in [0, 0.05) is 31.7 Å². The molecular formula is C21H24FN3O3. The quantitative estimate of drug-likeness (QED) is 0.859. The first-order chi connectivity index (χ1) is 13.5. The number of hydrogen-bond donors (Lipinski definition) is 1. The molecule has 1 N–H and O–H groups in total. The third-order valence-corrected chi connectivity index (χ3v) is 4.79. The van der Waals surface area contributed by atoms with Crippen LogP contribution in [0.3, 0.4) is 0 Å². The lowest BCUT2D eigenvalue weighted by atomic mass is 10.1. The van der Waals surface area contributed by atoms with Gasteiger partial charge in [0.05, 0.1) is 19.2 Å². The minimum atomic E-state index is -0.346. The van der Waals surface area contributed by atoms with Gasteiger partial charge in [-0.1, -0.05) is 12.1 Å². The normalized spacial score (nSPS) is 14.6. The lowest BCUT2D eigenvalue weighted by Gasteiger charge is -2.32. The summed E-state index contributed by atoms with van der Waals surface area (Å²) in [5, 5.41) is 2.79. The molecule has 1 aliphatic rings. The van der Waals surface area contributed by atoms with Crippen LogP contribution in [0.5, 0.6) is 5.75 Å². The number of benzene rings is 2. The second-order valence-electron chi connectivity index (χ2n) is 6.86. The third kappa shape index (κ3) is 4.86. The van der Waals surface area contributed by atoms with Gasteiger partial charge in [-0.15, -0.1) is 0 Å². The minimum Gasteiger partial charge on any atom is -0.495 e. The van der Waals surface area contributed by atoms with Crippen LogP contribution in [-0.4, -0.2) is 62.0 Å². The number of hydrogen-bond acceptors (Lipinski definition) is 4. The summed E-state index contributed by atoms with van der Waals surface area (Å²) >= 11 is 0. The van der Waals surface area contributed by atoms with Crippen molar-refractivity contribution in [3.8, 4) is 5.75 Å². The molecule has 0 saturated carbocycles. The Morgan fingerprint density at radius 1 is 1.07 bits per heavy atom. The lowest BCUT2D eigenvalue weighted by molar-refractivity contribution is -0.115. The number of nitrogens with one attached hydrogen (secondary N) is 1. The van der Waals surface area contributed by atoms with Crippen LogP contribution in [0.4, 0.5) is 10.1 Å². The summed E-state index contributed by atoms with van der Waals surface area (Å²) in [6.45, 7) is 3.02. The monoisotopic (exact) mass is 385 g/mol. The number of carbonyl (C=O) groups excluding carboxylic acids is 2. The van der Waals surface area contributed by atoms with Gasteiger partial charge in [-0.05, 0) is 42.9 Å². The number of amides is 2. The first-order valence-corrected chi connectivity index (χ1v) is 9.16. The van der Waals surface area contributed by atoms with E-state index in [1.807, 2.05) is 11.9 Å². The van der Waals surface area contributed by atoms with Gasteiger partial charge in [0.1, 0.15) is 11.6 Å². The highest BCUT2D eigenvalue weighted by Crippen LogP contribution is 2.26. The predicted molar refractivity (Wildman–Crippen MR) is 105 cm³/mol. The minimum absolute atomic E-state index is 0.0650. The van der Waals surface area contributed by atoms with Crippen molar-refractivity contribution in [3.63, 3.8) is 0 Å². The van der Waals surface area contributed by atoms with Crippen molar-refractivity contribution in [3.05, 3.63) is 59.4 Å². The van der Waals surface area contributed by atoms with E-state index in [1.165, 1.54) is 19.2 Å². The number of halogens is 1. The Bertz CT molecular complexity index is 846. The average molecular weight is 385 g/mol. The summed E-state index contributed by atoms with van der Waals surface area (Å²) in [5.74, 6) is -0.206. The van der Waals surface area contributed by atoms with Gasteiger partial charge < -0.3 is 19.9 Å². The highest BCUT2D eigenvalue weighted by molar-refractivity contribution is 5.98. The van der Waals surface area contributed by atoms with E-state index in [0.717, 1.165) is 13.1 Å². The Morgan fingerprint density at radius 2 is 1.75 bits per heavy atom. The Balaban J connectivity index is 1.72.